The van der Waals surface area contributed by atoms with Gasteiger partial charge in [0.15, 0.2) is 0 Å². The van der Waals surface area contributed by atoms with Crippen LogP contribution in [-0.4, -0.2) is 44.7 Å². The van der Waals surface area contributed by atoms with E-state index in [-0.39, 0.29) is 24.6 Å². The average molecular weight is 417 g/mol. The summed E-state index contributed by atoms with van der Waals surface area (Å²) in [6.45, 7) is 1.79. The van der Waals surface area contributed by atoms with Gasteiger partial charge in [0.05, 0.1) is 18.2 Å². The van der Waals surface area contributed by atoms with E-state index in [1.165, 1.54) is 4.90 Å². The number of nitrogens with zero attached hydrogens (tertiary/aromatic N) is 1. The van der Waals surface area contributed by atoms with Gasteiger partial charge >= 0.3 is 5.97 Å². The predicted octanol–water partition coefficient (Wildman–Crippen LogP) is 3.41. The number of aromatic carboxylic acids is 1. The van der Waals surface area contributed by atoms with Crippen molar-refractivity contribution in [1.82, 2.24) is 4.90 Å². The zero-order chi connectivity index (χ0) is 22.1. The Bertz CT molecular complexity index is 1140. The van der Waals surface area contributed by atoms with Crippen LogP contribution in [0.15, 0.2) is 66.7 Å². The minimum absolute atomic E-state index is 0.199. The van der Waals surface area contributed by atoms with E-state index >= 15 is 0 Å². The molecule has 0 radical (unpaired) electrons. The molecule has 0 bridgehead atoms. The SMILES string of the molecule is Cc1ccc(C(=O)O)cc1-c1ccc2c(c1)CN([C@@H](CO)[C@@H](O)c1ccccc1)C2=O. The first kappa shape index (κ1) is 20.8. The van der Waals surface area contributed by atoms with E-state index in [9.17, 15) is 24.9 Å². The second-order valence-corrected chi connectivity index (χ2v) is 7.75. The summed E-state index contributed by atoms with van der Waals surface area (Å²) < 4.78 is 0. The number of hydrogen-bond acceptors (Lipinski definition) is 4. The van der Waals surface area contributed by atoms with Crippen LogP contribution < -0.4 is 0 Å². The summed E-state index contributed by atoms with van der Waals surface area (Å²) in [7, 11) is 0. The largest absolute Gasteiger partial charge is 0.478 e. The molecule has 158 valence electrons. The fourth-order valence-corrected chi connectivity index (χ4v) is 4.09. The van der Waals surface area contributed by atoms with Gasteiger partial charge in [0.1, 0.15) is 6.10 Å². The van der Waals surface area contributed by atoms with Crippen molar-refractivity contribution in [3.05, 3.63) is 94.5 Å². The molecule has 0 spiro atoms. The first-order chi connectivity index (χ1) is 14.9. The molecule has 1 amide bonds. The lowest BCUT2D eigenvalue weighted by molar-refractivity contribution is 0.0152. The summed E-state index contributed by atoms with van der Waals surface area (Å²) in [6, 6.07) is 18.5. The number of fused-ring (bicyclic) bond motifs is 1. The number of hydrogen-bond donors (Lipinski definition) is 3. The number of amides is 1. The van der Waals surface area contributed by atoms with Crippen molar-refractivity contribution in [3.8, 4) is 11.1 Å². The standard InChI is InChI=1S/C25H23NO5/c1-15-7-8-18(25(30)31)12-21(15)17-9-10-20-19(11-17)13-26(24(20)29)22(14-27)23(28)16-5-3-2-4-6-16/h2-12,22-23,27-28H,13-14H2,1H3,(H,30,31)/t22-,23-/m0/s1. The summed E-state index contributed by atoms with van der Waals surface area (Å²) in [4.78, 5) is 25.9. The molecule has 0 fully saturated rings. The van der Waals surface area contributed by atoms with Crippen molar-refractivity contribution < 1.29 is 24.9 Å². The van der Waals surface area contributed by atoms with E-state index in [0.717, 1.165) is 22.3 Å². The monoisotopic (exact) mass is 417 g/mol. The van der Waals surface area contributed by atoms with Gasteiger partial charge in [-0.2, -0.15) is 0 Å². The normalized spacial score (nSPS) is 14.9. The van der Waals surface area contributed by atoms with Gasteiger partial charge in [-0.1, -0.05) is 42.5 Å². The van der Waals surface area contributed by atoms with Gasteiger partial charge < -0.3 is 20.2 Å². The van der Waals surface area contributed by atoms with E-state index in [2.05, 4.69) is 0 Å². The number of aryl methyl sites for hydroxylation is 1. The molecule has 3 N–H and O–H groups in total. The number of aliphatic hydroxyl groups is 2. The smallest absolute Gasteiger partial charge is 0.335 e. The molecule has 0 aromatic heterocycles. The Labute approximate surface area is 180 Å². The maximum absolute atomic E-state index is 13.0. The predicted molar refractivity (Wildman–Crippen MR) is 116 cm³/mol. The van der Waals surface area contributed by atoms with Gasteiger partial charge in [0.25, 0.3) is 5.91 Å². The lowest BCUT2D eigenvalue weighted by atomic mass is 9.95. The molecule has 1 aliphatic heterocycles. The quantitative estimate of drug-likeness (QED) is 0.571. The maximum atomic E-state index is 13.0. The number of rotatable bonds is 6. The fraction of sp³-hybridized carbons (Fsp3) is 0.200. The fourth-order valence-electron chi connectivity index (χ4n) is 4.09. The summed E-state index contributed by atoms with van der Waals surface area (Å²) >= 11 is 0. The number of carboxylic acid groups (broad SMARTS) is 1. The number of carboxylic acids is 1. The Hall–Kier alpha value is -3.48. The Morgan fingerprint density at radius 2 is 1.77 bits per heavy atom. The first-order valence-electron chi connectivity index (χ1n) is 10.0. The third-order valence-corrected chi connectivity index (χ3v) is 5.83. The molecular formula is C25H23NO5. The number of benzene rings is 3. The van der Waals surface area contributed by atoms with Crippen molar-refractivity contribution in [2.75, 3.05) is 6.61 Å². The molecule has 1 heterocycles. The minimum atomic E-state index is -1.02. The lowest BCUT2D eigenvalue weighted by Gasteiger charge is -2.30. The molecule has 6 nitrogen and oxygen atoms in total. The van der Waals surface area contributed by atoms with E-state index in [4.69, 9.17) is 0 Å². The third kappa shape index (κ3) is 3.83. The molecule has 0 unspecified atom stereocenters. The molecule has 4 rings (SSSR count). The summed E-state index contributed by atoms with van der Waals surface area (Å²) in [5.41, 5.74) is 4.67. The molecule has 0 saturated carbocycles. The molecule has 6 heteroatoms. The van der Waals surface area contributed by atoms with Crippen molar-refractivity contribution >= 4 is 11.9 Å². The molecule has 3 aromatic rings. The molecule has 2 atom stereocenters. The summed E-state index contributed by atoms with van der Waals surface area (Å²) in [5.74, 6) is -1.24. The summed E-state index contributed by atoms with van der Waals surface area (Å²) in [5, 5.41) is 30.0. The topological polar surface area (TPSA) is 98.1 Å². The van der Waals surface area contributed by atoms with Crippen molar-refractivity contribution in [2.45, 2.75) is 25.6 Å². The Morgan fingerprint density at radius 3 is 2.45 bits per heavy atom. The van der Waals surface area contributed by atoms with Crippen LogP contribution >= 0.6 is 0 Å². The molecule has 3 aromatic carbocycles. The highest BCUT2D eigenvalue weighted by Gasteiger charge is 2.36. The number of aliphatic hydroxyl groups excluding tert-OH is 2. The number of carbonyl (C=O) groups is 2. The van der Waals surface area contributed by atoms with Crippen molar-refractivity contribution in [3.63, 3.8) is 0 Å². The van der Waals surface area contributed by atoms with Gasteiger partial charge in [0.2, 0.25) is 0 Å². The third-order valence-electron chi connectivity index (χ3n) is 5.83. The van der Waals surface area contributed by atoms with Crippen molar-refractivity contribution in [1.29, 1.82) is 0 Å². The van der Waals surface area contributed by atoms with Gasteiger partial charge in [-0.25, -0.2) is 4.79 Å². The zero-order valence-corrected chi connectivity index (χ0v) is 17.0. The molecule has 0 aliphatic carbocycles. The van der Waals surface area contributed by atoms with Gasteiger partial charge in [-0.05, 0) is 59.0 Å². The van der Waals surface area contributed by atoms with Crippen LogP contribution in [0.3, 0.4) is 0 Å². The minimum Gasteiger partial charge on any atom is -0.478 e. The molecule has 1 aliphatic rings. The molecular weight excluding hydrogens is 394 g/mol. The van der Waals surface area contributed by atoms with Crippen molar-refractivity contribution in [2.24, 2.45) is 0 Å². The Balaban J connectivity index is 1.66. The van der Waals surface area contributed by atoms with Crippen LogP contribution in [0.1, 0.15) is 43.5 Å². The van der Waals surface area contributed by atoms with E-state index < -0.39 is 18.1 Å². The second-order valence-electron chi connectivity index (χ2n) is 7.75. The summed E-state index contributed by atoms with van der Waals surface area (Å²) in [6.07, 6.45) is -1.02. The molecule has 31 heavy (non-hydrogen) atoms. The van der Waals surface area contributed by atoms with Gasteiger partial charge in [-0.3, -0.25) is 4.79 Å². The van der Waals surface area contributed by atoms with Gasteiger partial charge in [0, 0.05) is 12.1 Å². The maximum Gasteiger partial charge on any atom is 0.335 e. The Morgan fingerprint density at radius 1 is 1.03 bits per heavy atom. The van der Waals surface area contributed by atoms with E-state index in [1.54, 1.807) is 54.6 Å². The zero-order valence-electron chi connectivity index (χ0n) is 17.0. The first-order valence-corrected chi connectivity index (χ1v) is 10.0. The lowest BCUT2D eigenvalue weighted by Crippen LogP contribution is -2.42. The van der Waals surface area contributed by atoms with Crippen LogP contribution in [0.2, 0.25) is 0 Å². The van der Waals surface area contributed by atoms with Crippen LogP contribution in [0.25, 0.3) is 11.1 Å². The van der Waals surface area contributed by atoms with Gasteiger partial charge in [-0.15, -0.1) is 0 Å². The van der Waals surface area contributed by atoms with E-state index in [1.807, 2.05) is 19.1 Å². The highest BCUT2D eigenvalue weighted by molar-refractivity contribution is 5.99. The van der Waals surface area contributed by atoms with Crippen LogP contribution in [0.5, 0.6) is 0 Å². The Kier molecular flexibility index (Phi) is 5.59. The second kappa shape index (κ2) is 8.34. The van der Waals surface area contributed by atoms with Crippen LogP contribution in [0.4, 0.5) is 0 Å². The highest BCUT2D eigenvalue weighted by Crippen LogP contribution is 2.33. The van der Waals surface area contributed by atoms with Crippen LogP contribution in [-0.2, 0) is 6.54 Å². The molecule has 0 saturated heterocycles. The average Bonchev–Trinajstić information content (AvgIpc) is 3.10. The van der Waals surface area contributed by atoms with E-state index in [0.29, 0.717) is 11.1 Å². The highest BCUT2D eigenvalue weighted by atomic mass is 16.4. The number of carbonyl (C=O) groups excluding carboxylic acids is 1. The van der Waals surface area contributed by atoms with Crippen LogP contribution in [0, 0.1) is 6.92 Å².